The molecule has 4 nitrogen and oxygen atoms in total. The molecule has 0 bridgehead atoms. The first-order valence-electron chi connectivity index (χ1n) is 5.08. The molecule has 4 heteroatoms. The minimum Gasteiger partial charge on any atom is -0.475 e. The Morgan fingerprint density at radius 1 is 1.53 bits per heavy atom. The molecule has 2 rings (SSSR count). The fraction of sp³-hybridized carbons (Fsp3) is 0.455. The summed E-state index contributed by atoms with van der Waals surface area (Å²) < 4.78 is 5.08. The largest absolute Gasteiger partial charge is 0.475 e. The van der Waals surface area contributed by atoms with Gasteiger partial charge < -0.3 is 9.52 Å². The van der Waals surface area contributed by atoms with Crippen LogP contribution < -0.4 is 0 Å². The van der Waals surface area contributed by atoms with Gasteiger partial charge in [0.25, 0.3) is 0 Å². The lowest BCUT2D eigenvalue weighted by atomic mass is 9.96. The summed E-state index contributed by atoms with van der Waals surface area (Å²) in [5, 5.41) is 8.95. The minimum absolute atomic E-state index is 0.0272. The van der Waals surface area contributed by atoms with Crippen molar-refractivity contribution in [2.45, 2.75) is 32.6 Å². The number of nitrogens with zero attached hydrogens (tertiary/aromatic N) is 1. The summed E-state index contributed by atoms with van der Waals surface area (Å²) in [5.41, 5.74) is 1.52. The third-order valence-electron chi connectivity index (χ3n) is 2.52. The summed E-state index contributed by atoms with van der Waals surface area (Å²) in [5.74, 6) is -0.661. The Labute approximate surface area is 87.6 Å². The van der Waals surface area contributed by atoms with Crippen molar-refractivity contribution in [2.75, 3.05) is 0 Å². The molecular formula is C11H13NO3. The zero-order valence-electron chi connectivity index (χ0n) is 8.62. The van der Waals surface area contributed by atoms with Crippen molar-refractivity contribution in [1.82, 2.24) is 4.98 Å². The quantitative estimate of drug-likeness (QED) is 0.809. The monoisotopic (exact) mass is 207 g/mol. The maximum absolute atomic E-state index is 10.9. The third-order valence-corrected chi connectivity index (χ3v) is 2.52. The average Bonchev–Trinajstić information content (AvgIpc) is 2.62. The molecule has 0 atom stereocenters. The Kier molecular flexibility index (Phi) is 2.58. The standard InChI is InChI=1S/C11H13NO3/c1-7-12-9(10(15-7)11(13)14)8-5-3-2-4-6-8/h5H,2-4,6H2,1H3,(H,13,14). The maximum Gasteiger partial charge on any atom is 0.374 e. The first-order chi connectivity index (χ1) is 7.18. The normalized spacial score (nSPS) is 16.2. The summed E-state index contributed by atoms with van der Waals surface area (Å²) in [6.07, 6.45) is 6.22. The van der Waals surface area contributed by atoms with Crippen LogP contribution in [0.2, 0.25) is 0 Å². The molecule has 0 aliphatic heterocycles. The molecule has 80 valence electrons. The van der Waals surface area contributed by atoms with Gasteiger partial charge in [0.15, 0.2) is 5.89 Å². The van der Waals surface area contributed by atoms with Crippen molar-refractivity contribution < 1.29 is 14.3 Å². The number of carboxylic acid groups (broad SMARTS) is 1. The number of carboxylic acids is 1. The van der Waals surface area contributed by atoms with E-state index in [1.807, 2.05) is 0 Å². The average molecular weight is 207 g/mol. The Hall–Kier alpha value is -1.58. The van der Waals surface area contributed by atoms with Crippen LogP contribution in [0.3, 0.4) is 0 Å². The van der Waals surface area contributed by atoms with Crippen LogP contribution in [0.5, 0.6) is 0 Å². The van der Waals surface area contributed by atoms with Crippen molar-refractivity contribution in [1.29, 1.82) is 0 Å². The van der Waals surface area contributed by atoms with Gasteiger partial charge in [-0.15, -0.1) is 0 Å². The van der Waals surface area contributed by atoms with Crippen LogP contribution in [0, 0.1) is 6.92 Å². The lowest BCUT2D eigenvalue weighted by Crippen LogP contribution is -2.01. The van der Waals surface area contributed by atoms with Gasteiger partial charge in [0.05, 0.1) is 0 Å². The second kappa shape index (κ2) is 3.88. The number of hydrogen-bond donors (Lipinski definition) is 1. The van der Waals surface area contributed by atoms with Crippen molar-refractivity contribution >= 4 is 11.5 Å². The zero-order valence-corrected chi connectivity index (χ0v) is 8.62. The van der Waals surface area contributed by atoms with Gasteiger partial charge in [0, 0.05) is 6.92 Å². The van der Waals surface area contributed by atoms with E-state index in [-0.39, 0.29) is 5.76 Å². The highest BCUT2D eigenvalue weighted by molar-refractivity contribution is 5.90. The molecular weight excluding hydrogens is 194 g/mol. The molecule has 0 spiro atoms. The van der Waals surface area contributed by atoms with Crippen molar-refractivity contribution in [2.24, 2.45) is 0 Å². The highest BCUT2D eigenvalue weighted by Crippen LogP contribution is 2.28. The van der Waals surface area contributed by atoms with Crippen molar-refractivity contribution in [3.05, 3.63) is 23.4 Å². The van der Waals surface area contributed by atoms with Crippen LogP contribution in [0.25, 0.3) is 5.57 Å². The molecule has 1 N–H and O–H groups in total. The number of allylic oxidation sites excluding steroid dienone is 2. The number of carbonyl (C=O) groups is 1. The van der Waals surface area contributed by atoms with E-state index in [4.69, 9.17) is 9.52 Å². The minimum atomic E-state index is -1.04. The Morgan fingerprint density at radius 3 is 2.93 bits per heavy atom. The van der Waals surface area contributed by atoms with Gasteiger partial charge in [0.1, 0.15) is 5.69 Å². The molecule has 1 aromatic heterocycles. The summed E-state index contributed by atoms with van der Waals surface area (Å²) >= 11 is 0. The topological polar surface area (TPSA) is 63.3 Å². The predicted molar refractivity (Wildman–Crippen MR) is 54.6 cm³/mol. The fourth-order valence-electron chi connectivity index (χ4n) is 1.84. The van der Waals surface area contributed by atoms with Crippen LogP contribution in [0.15, 0.2) is 10.5 Å². The Morgan fingerprint density at radius 2 is 2.33 bits per heavy atom. The molecule has 0 aromatic carbocycles. The number of hydrogen-bond acceptors (Lipinski definition) is 3. The molecule has 15 heavy (non-hydrogen) atoms. The van der Waals surface area contributed by atoms with Crippen LogP contribution in [-0.4, -0.2) is 16.1 Å². The van der Waals surface area contributed by atoms with Crippen LogP contribution in [0.1, 0.15) is 47.8 Å². The summed E-state index contributed by atoms with van der Waals surface area (Å²) in [7, 11) is 0. The predicted octanol–water partition coefficient (Wildman–Crippen LogP) is 2.64. The number of aromatic nitrogens is 1. The number of rotatable bonds is 2. The van der Waals surface area contributed by atoms with E-state index in [0.29, 0.717) is 11.6 Å². The molecule has 0 saturated carbocycles. The van der Waals surface area contributed by atoms with Gasteiger partial charge in [-0.05, 0) is 31.3 Å². The molecule has 0 amide bonds. The second-order valence-corrected chi connectivity index (χ2v) is 3.69. The van der Waals surface area contributed by atoms with Gasteiger partial charge in [0.2, 0.25) is 5.76 Å². The molecule has 1 heterocycles. The molecule has 0 unspecified atom stereocenters. The second-order valence-electron chi connectivity index (χ2n) is 3.69. The van der Waals surface area contributed by atoms with E-state index in [2.05, 4.69) is 11.1 Å². The maximum atomic E-state index is 10.9. The molecule has 1 aliphatic rings. The Balaban J connectivity index is 2.42. The molecule has 1 aliphatic carbocycles. The van der Waals surface area contributed by atoms with Gasteiger partial charge >= 0.3 is 5.97 Å². The number of aryl methyl sites for hydroxylation is 1. The lowest BCUT2D eigenvalue weighted by Gasteiger charge is -2.09. The van der Waals surface area contributed by atoms with Crippen LogP contribution in [-0.2, 0) is 0 Å². The van der Waals surface area contributed by atoms with E-state index < -0.39 is 5.97 Å². The van der Waals surface area contributed by atoms with E-state index in [9.17, 15) is 4.79 Å². The number of aromatic carboxylic acids is 1. The van der Waals surface area contributed by atoms with Crippen molar-refractivity contribution in [3.63, 3.8) is 0 Å². The molecule has 1 aromatic rings. The molecule has 0 fully saturated rings. The Bertz CT molecular complexity index is 417. The lowest BCUT2D eigenvalue weighted by molar-refractivity contribution is 0.0660. The van der Waals surface area contributed by atoms with Gasteiger partial charge in [-0.1, -0.05) is 6.08 Å². The van der Waals surface area contributed by atoms with E-state index in [1.165, 1.54) is 6.42 Å². The summed E-state index contributed by atoms with van der Waals surface area (Å²) in [6.45, 7) is 1.67. The van der Waals surface area contributed by atoms with Gasteiger partial charge in [-0.25, -0.2) is 9.78 Å². The summed E-state index contributed by atoms with van der Waals surface area (Å²) in [6, 6.07) is 0. The molecule has 0 radical (unpaired) electrons. The van der Waals surface area contributed by atoms with Crippen LogP contribution in [0.4, 0.5) is 0 Å². The smallest absolute Gasteiger partial charge is 0.374 e. The van der Waals surface area contributed by atoms with Gasteiger partial charge in [-0.2, -0.15) is 0 Å². The SMILES string of the molecule is Cc1nc(C2=CCCCC2)c(C(=O)O)o1. The van der Waals surface area contributed by atoms with Gasteiger partial charge in [-0.3, -0.25) is 0 Å². The van der Waals surface area contributed by atoms with Crippen molar-refractivity contribution in [3.8, 4) is 0 Å². The van der Waals surface area contributed by atoms with E-state index in [1.54, 1.807) is 6.92 Å². The van der Waals surface area contributed by atoms with Crippen LogP contribution >= 0.6 is 0 Å². The zero-order chi connectivity index (χ0) is 10.8. The highest BCUT2D eigenvalue weighted by Gasteiger charge is 2.21. The first-order valence-corrected chi connectivity index (χ1v) is 5.08. The van der Waals surface area contributed by atoms with E-state index in [0.717, 1.165) is 24.8 Å². The third kappa shape index (κ3) is 1.93. The number of oxazole rings is 1. The van der Waals surface area contributed by atoms with E-state index >= 15 is 0 Å². The summed E-state index contributed by atoms with van der Waals surface area (Å²) in [4.78, 5) is 15.1. The fourth-order valence-corrected chi connectivity index (χ4v) is 1.84. The first kappa shape index (κ1) is 9.96. The molecule has 0 saturated heterocycles. The highest BCUT2D eigenvalue weighted by atomic mass is 16.4.